The number of Topliss-reactive ketones (excluding diaryl/α,β-unsaturated/α-hetero) is 1. The molecule has 0 amide bonds. The van der Waals surface area contributed by atoms with Crippen LogP contribution in [0, 0.1) is 39.9 Å². The number of aliphatic hydroxyl groups is 1. The van der Waals surface area contributed by atoms with Crippen molar-refractivity contribution in [3.63, 3.8) is 0 Å². The Balaban J connectivity index is 1.65. The lowest BCUT2D eigenvalue weighted by molar-refractivity contribution is -0.130. The van der Waals surface area contributed by atoms with E-state index in [1.54, 1.807) is 11.1 Å². The van der Waals surface area contributed by atoms with Crippen LogP contribution < -0.4 is 0 Å². The molecule has 2 fully saturated rings. The maximum absolute atomic E-state index is 12.5. The first-order chi connectivity index (χ1) is 14.5. The standard InChI is InChI=1S/C29H46O2/c1-18(2)8-11-25(30)20(4)22-12-16-29(7)24-10-9-21-19(3)26(31)14-15-27(21,5)23(24)13-17-28(22,29)6/h8,19-22,25,30H,9-17H2,1-7H3/t19-,20+,21-,22+,25+,27-,28+,29-/m1/s1. The predicted molar refractivity (Wildman–Crippen MR) is 129 cm³/mol. The number of aliphatic hydroxyl groups excluding tert-OH is 1. The summed E-state index contributed by atoms with van der Waals surface area (Å²) in [7, 11) is 0. The number of hydrogen-bond donors (Lipinski definition) is 1. The van der Waals surface area contributed by atoms with Crippen LogP contribution in [0.1, 0.15) is 106 Å². The van der Waals surface area contributed by atoms with E-state index in [1.807, 2.05) is 0 Å². The van der Waals surface area contributed by atoms with E-state index in [2.05, 4.69) is 54.5 Å². The summed E-state index contributed by atoms with van der Waals surface area (Å²) in [6.07, 6.45) is 11.9. The molecule has 0 unspecified atom stereocenters. The van der Waals surface area contributed by atoms with Crippen LogP contribution in [0.25, 0.3) is 0 Å². The summed E-state index contributed by atoms with van der Waals surface area (Å²) < 4.78 is 0. The molecule has 0 aromatic heterocycles. The molecule has 0 aromatic rings. The molecule has 0 spiro atoms. The number of fused-ring (bicyclic) bond motifs is 4. The van der Waals surface area contributed by atoms with E-state index < -0.39 is 0 Å². The number of carbonyl (C=O) groups excluding carboxylic acids is 1. The van der Waals surface area contributed by atoms with Gasteiger partial charge in [0.25, 0.3) is 0 Å². The predicted octanol–water partition coefficient (Wildman–Crippen LogP) is 7.27. The molecule has 4 aliphatic carbocycles. The van der Waals surface area contributed by atoms with Crippen molar-refractivity contribution in [1.29, 1.82) is 0 Å². The van der Waals surface area contributed by atoms with Gasteiger partial charge in [-0.15, -0.1) is 0 Å². The fraction of sp³-hybridized carbons (Fsp3) is 0.828. The zero-order chi connectivity index (χ0) is 22.8. The van der Waals surface area contributed by atoms with E-state index in [4.69, 9.17) is 0 Å². The molecule has 4 aliphatic rings. The molecule has 2 saturated carbocycles. The highest BCUT2D eigenvalue weighted by Gasteiger charge is 2.62. The fourth-order valence-electron chi connectivity index (χ4n) is 8.84. The minimum Gasteiger partial charge on any atom is -0.393 e. The maximum Gasteiger partial charge on any atom is 0.136 e. The molecule has 31 heavy (non-hydrogen) atoms. The van der Waals surface area contributed by atoms with Gasteiger partial charge >= 0.3 is 0 Å². The lowest BCUT2D eigenvalue weighted by Gasteiger charge is -2.59. The molecule has 0 aliphatic heterocycles. The second-order valence-electron chi connectivity index (χ2n) is 12.6. The molecule has 1 N–H and O–H groups in total. The van der Waals surface area contributed by atoms with Crippen molar-refractivity contribution < 1.29 is 9.90 Å². The number of rotatable bonds is 4. The molecule has 174 valence electrons. The fourth-order valence-corrected chi connectivity index (χ4v) is 8.84. The Bertz CT molecular complexity index is 802. The van der Waals surface area contributed by atoms with Crippen molar-refractivity contribution >= 4 is 5.78 Å². The molecule has 4 rings (SSSR count). The van der Waals surface area contributed by atoms with Crippen LogP contribution in [-0.4, -0.2) is 17.0 Å². The van der Waals surface area contributed by atoms with E-state index >= 15 is 0 Å². The van der Waals surface area contributed by atoms with Gasteiger partial charge in [0.05, 0.1) is 6.10 Å². The van der Waals surface area contributed by atoms with Crippen molar-refractivity contribution in [2.45, 2.75) is 112 Å². The lowest BCUT2D eigenvalue weighted by Crippen LogP contribution is -2.51. The largest absolute Gasteiger partial charge is 0.393 e. The summed E-state index contributed by atoms with van der Waals surface area (Å²) in [5.74, 6) is 2.20. The topological polar surface area (TPSA) is 37.3 Å². The van der Waals surface area contributed by atoms with Crippen molar-refractivity contribution in [2.75, 3.05) is 0 Å². The summed E-state index contributed by atoms with van der Waals surface area (Å²) in [5.41, 5.74) is 5.59. The van der Waals surface area contributed by atoms with Crippen LogP contribution in [-0.2, 0) is 4.79 Å². The summed E-state index contributed by atoms with van der Waals surface area (Å²) in [6, 6.07) is 0. The number of ketones is 1. The summed E-state index contributed by atoms with van der Waals surface area (Å²) >= 11 is 0. The van der Waals surface area contributed by atoms with Crippen LogP contribution in [0.3, 0.4) is 0 Å². The first-order valence-corrected chi connectivity index (χ1v) is 13.0. The van der Waals surface area contributed by atoms with Gasteiger partial charge in [0.1, 0.15) is 5.78 Å². The minimum absolute atomic E-state index is 0.232. The van der Waals surface area contributed by atoms with E-state index in [0.717, 1.165) is 19.3 Å². The van der Waals surface area contributed by atoms with Gasteiger partial charge in [-0.25, -0.2) is 0 Å². The van der Waals surface area contributed by atoms with Gasteiger partial charge < -0.3 is 5.11 Å². The normalized spacial score (nSPS) is 44.3. The highest BCUT2D eigenvalue weighted by atomic mass is 16.3. The quantitative estimate of drug-likeness (QED) is 0.480. The molecular formula is C29H46O2. The average Bonchev–Trinajstić information content (AvgIpc) is 3.00. The van der Waals surface area contributed by atoms with Gasteiger partial charge in [0, 0.05) is 12.3 Å². The van der Waals surface area contributed by atoms with Crippen LogP contribution in [0.15, 0.2) is 22.8 Å². The number of allylic oxidation sites excluding steroid dienone is 3. The monoisotopic (exact) mass is 426 g/mol. The molecule has 0 radical (unpaired) electrons. The highest BCUT2D eigenvalue weighted by molar-refractivity contribution is 5.82. The minimum atomic E-state index is -0.243. The van der Waals surface area contributed by atoms with Crippen LogP contribution in [0.2, 0.25) is 0 Å². The van der Waals surface area contributed by atoms with Crippen LogP contribution in [0.5, 0.6) is 0 Å². The number of carbonyl (C=O) groups is 1. The molecule has 8 atom stereocenters. The zero-order valence-electron chi connectivity index (χ0n) is 21.2. The summed E-state index contributed by atoms with van der Waals surface area (Å²) in [4.78, 5) is 12.5. The van der Waals surface area contributed by atoms with Gasteiger partial charge in [-0.05, 0) is 99.2 Å². The van der Waals surface area contributed by atoms with Crippen LogP contribution in [0.4, 0.5) is 0 Å². The van der Waals surface area contributed by atoms with Crippen molar-refractivity contribution in [3.8, 4) is 0 Å². The molecule has 0 heterocycles. The Labute approximate surface area is 191 Å². The first-order valence-electron chi connectivity index (χ1n) is 13.0. The zero-order valence-corrected chi connectivity index (χ0v) is 21.2. The van der Waals surface area contributed by atoms with E-state index in [1.165, 1.54) is 44.1 Å². The Morgan fingerprint density at radius 3 is 2.45 bits per heavy atom. The average molecular weight is 427 g/mol. The van der Waals surface area contributed by atoms with Gasteiger partial charge in [0.2, 0.25) is 0 Å². The lowest BCUT2D eigenvalue weighted by atomic mass is 9.45. The summed E-state index contributed by atoms with van der Waals surface area (Å²) in [5, 5.41) is 11.0. The van der Waals surface area contributed by atoms with E-state index in [-0.39, 0.29) is 28.3 Å². The third-order valence-corrected chi connectivity index (χ3v) is 11.2. The van der Waals surface area contributed by atoms with Crippen LogP contribution >= 0.6 is 0 Å². The molecule has 0 aromatic carbocycles. The smallest absolute Gasteiger partial charge is 0.136 e. The molecule has 2 heteroatoms. The molecular weight excluding hydrogens is 380 g/mol. The van der Waals surface area contributed by atoms with Gasteiger partial charge in [-0.2, -0.15) is 0 Å². The first kappa shape index (κ1) is 23.3. The van der Waals surface area contributed by atoms with Gasteiger partial charge in [0.15, 0.2) is 0 Å². The Morgan fingerprint density at radius 2 is 1.77 bits per heavy atom. The van der Waals surface area contributed by atoms with E-state index in [9.17, 15) is 9.90 Å². The maximum atomic E-state index is 12.5. The Hall–Kier alpha value is -0.890. The van der Waals surface area contributed by atoms with E-state index in [0.29, 0.717) is 23.5 Å². The SMILES string of the molecule is CC(C)=CC[C@H](O)[C@@H](C)[C@@H]1CC[C@]2(C)C3=C(CC[C@@]12C)[C@]1(C)CCC(=O)[C@H](C)[C@H]1CC3. The van der Waals surface area contributed by atoms with Crippen molar-refractivity contribution in [2.24, 2.45) is 39.9 Å². The third kappa shape index (κ3) is 3.33. The van der Waals surface area contributed by atoms with Crippen molar-refractivity contribution in [3.05, 3.63) is 22.8 Å². The Kier molecular flexibility index (Phi) is 5.90. The number of hydrogen-bond acceptors (Lipinski definition) is 2. The summed E-state index contributed by atoms with van der Waals surface area (Å²) in [6.45, 7) is 16.4. The molecule has 2 nitrogen and oxygen atoms in total. The second kappa shape index (κ2) is 7.86. The van der Waals surface area contributed by atoms with Gasteiger partial charge in [-0.3, -0.25) is 4.79 Å². The van der Waals surface area contributed by atoms with Crippen molar-refractivity contribution in [1.82, 2.24) is 0 Å². The second-order valence-corrected chi connectivity index (χ2v) is 12.6. The molecule has 0 bridgehead atoms. The third-order valence-electron chi connectivity index (χ3n) is 11.2. The highest BCUT2D eigenvalue weighted by Crippen LogP contribution is 2.71. The molecule has 0 saturated heterocycles. The Morgan fingerprint density at radius 1 is 1.06 bits per heavy atom. The van der Waals surface area contributed by atoms with Gasteiger partial charge in [-0.1, -0.05) is 57.4 Å².